The zero-order valence-electron chi connectivity index (χ0n) is 6.28. The van der Waals surface area contributed by atoms with Gasteiger partial charge in [-0.2, -0.15) is 0 Å². The Morgan fingerprint density at radius 1 is 1.36 bits per heavy atom. The molecule has 2 radical (unpaired) electrons. The molecule has 0 aliphatic carbocycles. The molecule has 1 aromatic rings. The van der Waals surface area contributed by atoms with Gasteiger partial charge in [0.1, 0.15) is 0 Å². The number of oxime groups is 1. The van der Waals surface area contributed by atoms with Crippen LogP contribution in [0.1, 0.15) is 18.1 Å². The Morgan fingerprint density at radius 3 is 2.36 bits per heavy atom. The molecule has 0 saturated carbocycles. The number of rotatable bonds is 1. The van der Waals surface area contributed by atoms with Crippen LogP contribution in [0.4, 0.5) is 0 Å². The highest BCUT2D eigenvalue weighted by Crippen LogP contribution is 2.03. The van der Waals surface area contributed by atoms with Crippen molar-refractivity contribution in [1.29, 1.82) is 0 Å². The number of hydrogen-bond donors (Lipinski definition) is 1. The lowest BCUT2D eigenvalue weighted by molar-refractivity contribution is 0.319. The van der Waals surface area contributed by atoms with Crippen LogP contribution in [0.5, 0.6) is 0 Å². The first-order valence-electron chi connectivity index (χ1n) is 3.28. The second-order valence-corrected chi connectivity index (χ2v) is 2.31. The molecule has 1 N–H and O–H groups in total. The summed E-state index contributed by atoms with van der Waals surface area (Å²) in [4.78, 5) is 0. The molecule has 1 rings (SSSR count). The Balaban J connectivity index is 2.99. The molecule has 0 saturated heterocycles. The first kappa shape index (κ1) is 7.79. The maximum absolute atomic E-state index is 8.41. The number of benzene rings is 1. The summed E-state index contributed by atoms with van der Waals surface area (Å²) in [6.45, 7) is 7.19. The van der Waals surface area contributed by atoms with Crippen molar-refractivity contribution in [2.75, 3.05) is 0 Å². The first-order chi connectivity index (χ1) is 5.24. The molecule has 0 atom stereocenters. The highest BCUT2D eigenvalue weighted by Gasteiger charge is 1.94. The van der Waals surface area contributed by atoms with Crippen LogP contribution >= 0.6 is 0 Å². The molecule has 0 amide bonds. The Kier molecular flexibility index (Phi) is 2.26. The van der Waals surface area contributed by atoms with E-state index in [0.29, 0.717) is 11.3 Å². The SMILES string of the molecule is [CH]c1ccc(/C(C)=N/O)cc1. The van der Waals surface area contributed by atoms with E-state index >= 15 is 0 Å². The van der Waals surface area contributed by atoms with E-state index in [1.165, 1.54) is 0 Å². The van der Waals surface area contributed by atoms with Crippen molar-refractivity contribution in [3.05, 3.63) is 42.3 Å². The zero-order chi connectivity index (χ0) is 8.27. The topological polar surface area (TPSA) is 32.6 Å². The quantitative estimate of drug-likeness (QED) is 0.367. The second-order valence-electron chi connectivity index (χ2n) is 2.31. The van der Waals surface area contributed by atoms with E-state index in [1.807, 2.05) is 12.1 Å². The van der Waals surface area contributed by atoms with Gasteiger partial charge in [-0.1, -0.05) is 29.4 Å². The van der Waals surface area contributed by atoms with Crippen molar-refractivity contribution in [3.63, 3.8) is 0 Å². The van der Waals surface area contributed by atoms with E-state index in [-0.39, 0.29) is 0 Å². The summed E-state index contributed by atoms with van der Waals surface area (Å²) >= 11 is 0. The minimum atomic E-state index is 0.588. The van der Waals surface area contributed by atoms with Gasteiger partial charge in [0, 0.05) is 0 Å². The van der Waals surface area contributed by atoms with Crippen molar-refractivity contribution in [1.82, 2.24) is 0 Å². The standard InChI is InChI=1S/C9H9NO/c1-7-3-5-9(6-4-7)8(2)10-11/h1,3-6,11H,2H3/b10-8+. The summed E-state index contributed by atoms with van der Waals surface area (Å²) < 4.78 is 0. The first-order valence-corrected chi connectivity index (χ1v) is 3.28. The molecule has 0 fully saturated rings. The predicted molar refractivity (Wildman–Crippen MR) is 43.8 cm³/mol. The summed E-state index contributed by atoms with van der Waals surface area (Å²) in [6.07, 6.45) is 0. The number of nitrogens with zero attached hydrogens (tertiary/aromatic N) is 1. The van der Waals surface area contributed by atoms with Crippen molar-refractivity contribution < 1.29 is 5.21 Å². The van der Waals surface area contributed by atoms with E-state index in [2.05, 4.69) is 5.16 Å². The molecule has 11 heavy (non-hydrogen) atoms. The summed E-state index contributed by atoms with van der Waals surface area (Å²) in [5, 5.41) is 11.5. The van der Waals surface area contributed by atoms with E-state index in [0.717, 1.165) is 5.56 Å². The molecular formula is C9H9NO. The minimum absolute atomic E-state index is 0.588. The summed E-state index contributed by atoms with van der Waals surface area (Å²) in [5.41, 5.74) is 2.17. The van der Waals surface area contributed by atoms with Crippen LogP contribution in [0, 0.1) is 6.92 Å². The monoisotopic (exact) mass is 147 g/mol. The molecule has 56 valence electrons. The van der Waals surface area contributed by atoms with Gasteiger partial charge in [0.25, 0.3) is 0 Å². The van der Waals surface area contributed by atoms with Crippen molar-refractivity contribution in [3.8, 4) is 0 Å². The molecule has 0 aliphatic heterocycles. The maximum Gasteiger partial charge on any atom is 0.0836 e. The van der Waals surface area contributed by atoms with Crippen LogP contribution in [0.2, 0.25) is 0 Å². The minimum Gasteiger partial charge on any atom is -0.411 e. The summed E-state index contributed by atoms with van der Waals surface area (Å²) in [5.74, 6) is 0. The van der Waals surface area contributed by atoms with Crippen LogP contribution in [-0.2, 0) is 0 Å². The fourth-order valence-corrected chi connectivity index (χ4v) is 0.782. The van der Waals surface area contributed by atoms with Gasteiger partial charge in [0.15, 0.2) is 0 Å². The van der Waals surface area contributed by atoms with Gasteiger partial charge in [-0.25, -0.2) is 0 Å². The third-order valence-corrected chi connectivity index (χ3v) is 1.48. The fourth-order valence-electron chi connectivity index (χ4n) is 0.782. The van der Waals surface area contributed by atoms with Gasteiger partial charge < -0.3 is 5.21 Å². The van der Waals surface area contributed by atoms with Crippen molar-refractivity contribution >= 4 is 5.71 Å². The van der Waals surface area contributed by atoms with E-state index in [4.69, 9.17) is 12.1 Å². The van der Waals surface area contributed by atoms with E-state index < -0.39 is 0 Å². The van der Waals surface area contributed by atoms with E-state index in [1.54, 1.807) is 19.1 Å². The van der Waals surface area contributed by atoms with Gasteiger partial charge >= 0.3 is 0 Å². The summed E-state index contributed by atoms with van der Waals surface area (Å²) in [6, 6.07) is 7.16. The van der Waals surface area contributed by atoms with Gasteiger partial charge in [0.2, 0.25) is 0 Å². The lowest BCUT2D eigenvalue weighted by Gasteiger charge is -1.97. The smallest absolute Gasteiger partial charge is 0.0836 e. The highest BCUT2D eigenvalue weighted by molar-refractivity contribution is 5.98. The third-order valence-electron chi connectivity index (χ3n) is 1.48. The van der Waals surface area contributed by atoms with E-state index in [9.17, 15) is 0 Å². The average molecular weight is 147 g/mol. The Bertz CT molecular complexity index is 261. The Labute approximate surface area is 66.2 Å². The van der Waals surface area contributed by atoms with Crippen LogP contribution in [-0.4, -0.2) is 10.9 Å². The molecule has 1 aromatic carbocycles. The second kappa shape index (κ2) is 3.19. The lowest BCUT2D eigenvalue weighted by atomic mass is 10.1. The van der Waals surface area contributed by atoms with Gasteiger partial charge in [0.05, 0.1) is 5.71 Å². The van der Waals surface area contributed by atoms with Crippen LogP contribution in [0.25, 0.3) is 0 Å². The Morgan fingerprint density at radius 2 is 1.91 bits per heavy atom. The molecule has 2 nitrogen and oxygen atoms in total. The third kappa shape index (κ3) is 1.80. The molecule has 2 heteroatoms. The molecule has 0 spiro atoms. The predicted octanol–water partition coefficient (Wildman–Crippen LogP) is 1.94. The summed E-state index contributed by atoms with van der Waals surface area (Å²) in [7, 11) is 0. The zero-order valence-corrected chi connectivity index (χ0v) is 6.28. The average Bonchev–Trinajstić information content (AvgIpc) is 2.05. The van der Waals surface area contributed by atoms with Crippen LogP contribution in [0.3, 0.4) is 0 Å². The molecule has 0 aromatic heterocycles. The largest absolute Gasteiger partial charge is 0.411 e. The fraction of sp³-hybridized carbons (Fsp3) is 0.111. The molecule has 0 aliphatic rings. The highest BCUT2D eigenvalue weighted by atomic mass is 16.4. The van der Waals surface area contributed by atoms with Crippen molar-refractivity contribution in [2.24, 2.45) is 5.16 Å². The Hall–Kier alpha value is -1.31. The van der Waals surface area contributed by atoms with Crippen LogP contribution < -0.4 is 0 Å². The van der Waals surface area contributed by atoms with Gasteiger partial charge in [-0.05, 0) is 25.0 Å². The molecule has 0 bridgehead atoms. The van der Waals surface area contributed by atoms with Gasteiger partial charge in [-0.15, -0.1) is 0 Å². The maximum atomic E-state index is 8.41. The molecule has 0 heterocycles. The van der Waals surface area contributed by atoms with Crippen LogP contribution in [0.15, 0.2) is 29.4 Å². The number of hydrogen-bond acceptors (Lipinski definition) is 2. The lowest BCUT2D eigenvalue weighted by Crippen LogP contribution is -1.93. The van der Waals surface area contributed by atoms with Gasteiger partial charge in [-0.3, -0.25) is 0 Å². The molecule has 0 unspecified atom stereocenters. The normalized spacial score (nSPS) is 11.6. The molecular weight excluding hydrogens is 138 g/mol. The van der Waals surface area contributed by atoms with Crippen molar-refractivity contribution in [2.45, 2.75) is 6.92 Å².